The summed E-state index contributed by atoms with van der Waals surface area (Å²) >= 11 is 0. The summed E-state index contributed by atoms with van der Waals surface area (Å²) in [7, 11) is 0. The van der Waals surface area contributed by atoms with Crippen molar-refractivity contribution in [1.29, 1.82) is 0 Å². The highest BCUT2D eigenvalue weighted by Crippen LogP contribution is 2.27. The zero-order valence-electron chi connectivity index (χ0n) is 13.7. The summed E-state index contributed by atoms with van der Waals surface area (Å²) in [6, 6.07) is 17.3. The lowest BCUT2D eigenvalue weighted by Crippen LogP contribution is -2.52. The standard InChI is InChI=1S/C19H21NO4/c1-19(2,15-11-7-4-8-12-15)16(17(21)22)20-18(23)24-13-14-9-5-3-6-10-14/h3-12,16H,13H2,1-2H3,(H,20,23)(H,21,22). The fourth-order valence-corrected chi connectivity index (χ4v) is 2.47. The molecule has 2 rings (SSSR count). The minimum Gasteiger partial charge on any atom is -0.480 e. The van der Waals surface area contributed by atoms with Gasteiger partial charge < -0.3 is 15.2 Å². The van der Waals surface area contributed by atoms with E-state index in [1.54, 1.807) is 13.8 Å². The monoisotopic (exact) mass is 327 g/mol. The van der Waals surface area contributed by atoms with Gasteiger partial charge in [-0.15, -0.1) is 0 Å². The molecular weight excluding hydrogens is 306 g/mol. The van der Waals surface area contributed by atoms with Gasteiger partial charge in [0, 0.05) is 5.41 Å². The number of amides is 1. The molecule has 0 aliphatic rings. The molecule has 2 aromatic carbocycles. The van der Waals surface area contributed by atoms with Gasteiger partial charge in [-0.05, 0) is 11.1 Å². The number of carboxylic acid groups (broad SMARTS) is 1. The molecule has 1 atom stereocenters. The van der Waals surface area contributed by atoms with Crippen LogP contribution >= 0.6 is 0 Å². The number of benzene rings is 2. The van der Waals surface area contributed by atoms with Crippen LogP contribution in [0.25, 0.3) is 0 Å². The van der Waals surface area contributed by atoms with E-state index in [0.29, 0.717) is 0 Å². The number of aliphatic carboxylic acids is 1. The zero-order valence-corrected chi connectivity index (χ0v) is 13.7. The summed E-state index contributed by atoms with van der Waals surface area (Å²) in [6.45, 7) is 3.64. The summed E-state index contributed by atoms with van der Waals surface area (Å²) in [6.07, 6.45) is -0.754. The van der Waals surface area contributed by atoms with Crippen molar-refractivity contribution in [3.05, 3.63) is 71.8 Å². The largest absolute Gasteiger partial charge is 0.480 e. The summed E-state index contributed by atoms with van der Waals surface area (Å²) in [5.41, 5.74) is 0.862. The molecule has 0 saturated heterocycles. The van der Waals surface area contributed by atoms with Crippen molar-refractivity contribution in [2.45, 2.75) is 31.9 Å². The smallest absolute Gasteiger partial charge is 0.408 e. The van der Waals surface area contributed by atoms with Crippen molar-refractivity contribution in [3.63, 3.8) is 0 Å². The van der Waals surface area contributed by atoms with Crippen LogP contribution in [-0.2, 0) is 21.6 Å². The van der Waals surface area contributed by atoms with Gasteiger partial charge in [-0.2, -0.15) is 0 Å². The molecule has 1 unspecified atom stereocenters. The first kappa shape index (κ1) is 17.5. The highest BCUT2D eigenvalue weighted by Gasteiger charge is 2.38. The number of carboxylic acids is 1. The van der Waals surface area contributed by atoms with E-state index < -0.39 is 23.5 Å². The maximum Gasteiger partial charge on any atom is 0.408 e. The Morgan fingerprint density at radius 1 is 1.04 bits per heavy atom. The molecule has 1 amide bonds. The maximum absolute atomic E-state index is 12.0. The summed E-state index contributed by atoms with van der Waals surface area (Å²) < 4.78 is 5.13. The fourth-order valence-electron chi connectivity index (χ4n) is 2.47. The van der Waals surface area contributed by atoms with Gasteiger partial charge in [0.2, 0.25) is 0 Å². The molecule has 0 fully saturated rings. The lowest BCUT2D eigenvalue weighted by Gasteiger charge is -2.32. The number of alkyl carbamates (subject to hydrolysis) is 1. The van der Waals surface area contributed by atoms with Crippen molar-refractivity contribution in [3.8, 4) is 0 Å². The minimum atomic E-state index is -1.11. The van der Waals surface area contributed by atoms with E-state index in [-0.39, 0.29) is 6.61 Å². The van der Waals surface area contributed by atoms with E-state index in [1.165, 1.54) is 0 Å². The maximum atomic E-state index is 12.0. The first-order valence-corrected chi connectivity index (χ1v) is 7.67. The van der Waals surface area contributed by atoms with Crippen LogP contribution in [0.1, 0.15) is 25.0 Å². The van der Waals surface area contributed by atoms with Crippen LogP contribution in [0.2, 0.25) is 0 Å². The Kier molecular flexibility index (Phi) is 5.58. The van der Waals surface area contributed by atoms with Crippen LogP contribution in [0.4, 0.5) is 4.79 Å². The number of rotatable bonds is 6. The van der Waals surface area contributed by atoms with Gasteiger partial charge >= 0.3 is 12.1 Å². The molecule has 0 bridgehead atoms. The van der Waals surface area contributed by atoms with Gasteiger partial charge in [0.15, 0.2) is 0 Å². The second-order valence-electron chi connectivity index (χ2n) is 6.07. The normalized spacial score (nSPS) is 12.2. The molecule has 0 spiro atoms. The zero-order chi connectivity index (χ0) is 17.6. The molecule has 0 aliphatic carbocycles. The molecule has 24 heavy (non-hydrogen) atoms. The predicted octanol–water partition coefficient (Wildman–Crippen LogP) is 3.34. The Hall–Kier alpha value is -2.82. The molecule has 0 saturated carbocycles. The first-order valence-electron chi connectivity index (χ1n) is 7.67. The number of carbonyl (C=O) groups excluding carboxylic acids is 1. The lowest BCUT2D eigenvalue weighted by atomic mass is 9.77. The summed E-state index contributed by atoms with van der Waals surface area (Å²) in [4.78, 5) is 23.7. The van der Waals surface area contributed by atoms with Gasteiger partial charge in [-0.25, -0.2) is 9.59 Å². The Morgan fingerprint density at radius 3 is 2.12 bits per heavy atom. The van der Waals surface area contributed by atoms with Gasteiger partial charge in [0.1, 0.15) is 12.6 Å². The quantitative estimate of drug-likeness (QED) is 0.853. The number of nitrogens with one attached hydrogen (secondary N) is 1. The molecule has 0 aliphatic heterocycles. The molecule has 2 aromatic rings. The highest BCUT2D eigenvalue weighted by atomic mass is 16.5. The lowest BCUT2D eigenvalue weighted by molar-refractivity contribution is -0.141. The average molecular weight is 327 g/mol. The summed E-state index contributed by atoms with van der Waals surface area (Å²) in [5.74, 6) is -1.11. The van der Waals surface area contributed by atoms with Gasteiger partial charge in [-0.3, -0.25) is 0 Å². The number of ether oxygens (including phenoxy) is 1. The Balaban J connectivity index is 2.05. The van der Waals surface area contributed by atoms with Crippen LogP contribution in [0.15, 0.2) is 60.7 Å². The van der Waals surface area contributed by atoms with Crippen molar-refractivity contribution in [1.82, 2.24) is 5.32 Å². The SMILES string of the molecule is CC(C)(c1ccccc1)C(NC(=O)OCc1ccccc1)C(=O)O. The Bertz CT molecular complexity index is 683. The van der Waals surface area contributed by atoms with Crippen LogP contribution in [0, 0.1) is 0 Å². The number of carbonyl (C=O) groups is 2. The van der Waals surface area contributed by atoms with E-state index >= 15 is 0 Å². The molecule has 0 radical (unpaired) electrons. The topological polar surface area (TPSA) is 75.6 Å². The van der Waals surface area contributed by atoms with E-state index in [4.69, 9.17) is 4.74 Å². The average Bonchev–Trinajstić information content (AvgIpc) is 2.59. The van der Waals surface area contributed by atoms with Crippen molar-refractivity contribution < 1.29 is 19.4 Å². The van der Waals surface area contributed by atoms with Crippen LogP contribution in [0.5, 0.6) is 0 Å². The van der Waals surface area contributed by atoms with E-state index in [2.05, 4.69) is 5.32 Å². The number of hydrogen-bond acceptors (Lipinski definition) is 3. The molecule has 5 heteroatoms. The summed E-state index contributed by atoms with van der Waals surface area (Å²) in [5, 5.41) is 12.0. The van der Waals surface area contributed by atoms with Gasteiger partial charge in [0.05, 0.1) is 0 Å². The third-order valence-corrected chi connectivity index (χ3v) is 3.96. The third-order valence-electron chi connectivity index (χ3n) is 3.96. The van der Waals surface area contributed by atoms with Crippen molar-refractivity contribution in [2.24, 2.45) is 0 Å². The van der Waals surface area contributed by atoms with Gasteiger partial charge in [-0.1, -0.05) is 74.5 Å². The molecule has 5 nitrogen and oxygen atoms in total. The molecule has 2 N–H and O–H groups in total. The Labute approximate surface area is 141 Å². The van der Waals surface area contributed by atoms with Crippen LogP contribution in [-0.4, -0.2) is 23.2 Å². The van der Waals surface area contributed by atoms with Crippen molar-refractivity contribution in [2.75, 3.05) is 0 Å². The minimum absolute atomic E-state index is 0.0881. The molecule has 126 valence electrons. The molecule has 0 heterocycles. The first-order chi connectivity index (χ1) is 11.4. The van der Waals surface area contributed by atoms with Crippen molar-refractivity contribution >= 4 is 12.1 Å². The molecule has 0 aromatic heterocycles. The fraction of sp³-hybridized carbons (Fsp3) is 0.263. The predicted molar refractivity (Wildman–Crippen MR) is 90.7 cm³/mol. The van der Waals surface area contributed by atoms with E-state index in [9.17, 15) is 14.7 Å². The second-order valence-corrected chi connectivity index (χ2v) is 6.07. The second kappa shape index (κ2) is 7.64. The highest BCUT2D eigenvalue weighted by molar-refractivity contribution is 5.81. The third kappa shape index (κ3) is 4.35. The number of hydrogen-bond donors (Lipinski definition) is 2. The van der Waals surface area contributed by atoms with Gasteiger partial charge in [0.25, 0.3) is 0 Å². The van der Waals surface area contributed by atoms with Crippen LogP contribution < -0.4 is 5.32 Å². The van der Waals surface area contributed by atoms with E-state index in [0.717, 1.165) is 11.1 Å². The van der Waals surface area contributed by atoms with Crippen LogP contribution in [0.3, 0.4) is 0 Å². The Morgan fingerprint density at radius 2 is 1.58 bits per heavy atom. The molecular formula is C19H21NO4. The van der Waals surface area contributed by atoms with E-state index in [1.807, 2.05) is 60.7 Å².